The van der Waals surface area contributed by atoms with Gasteiger partial charge in [-0.25, -0.2) is 25.9 Å². The predicted molar refractivity (Wildman–Crippen MR) is 69.9 cm³/mol. The van der Waals surface area contributed by atoms with Gasteiger partial charge in [0, 0.05) is 19.6 Å². The maximum atomic E-state index is 11.3. The minimum atomic E-state index is -3.23. The first-order valence-electron chi connectivity index (χ1n) is 5.23. The van der Waals surface area contributed by atoms with Crippen molar-refractivity contribution in [3.63, 3.8) is 0 Å². The molecule has 102 valence electrons. The van der Waals surface area contributed by atoms with E-state index in [1.54, 1.807) is 0 Å². The van der Waals surface area contributed by atoms with E-state index < -0.39 is 20.0 Å². The van der Waals surface area contributed by atoms with Crippen LogP contribution in [0.25, 0.3) is 0 Å². The minimum Gasteiger partial charge on any atom is -0.214 e. The highest BCUT2D eigenvalue weighted by Gasteiger charge is 2.25. The zero-order valence-electron chi connectivity index (χ0n) is 9.59. The molecule has 0 aliphatic carbocycles. The Morgan fingerprint density at radius 1 is 1.24 bits per heavy atom. The minimum absolute atomic E-state index is 0.109. The van der Waals surface area contributed by atoms with Crippen molar-refractivity contribution < 1.29 is 16.8 Å². The van der Waals surface area contributed by atoms with E-state index in [0.717, 1.165) is 0 Å². The monoisotopic (exact) mass is 348 g/mol. The zero-order chi connectivity index (χ0) is 13.1. The number of piperidine rings is 1. The summed E-state index contributed by atoms with van der Waals surface area (Å²) >= 11 is 2.89. The lowest BCUT2D eigenvalue weighted by molar-refractivity contribution is 0.275. The summed E-state index contributed by atoms with van der Waals surface area (Å²) in [5.74, 6) is 0.210. The average Bonchev–Trinajstić information content (AvgIpc) is 2.26. The molecular formula is C8H17BrN2O4S2. The van der Waals surface area contributed by atoms with Gasteiger partial charge in [0.05, 0.1) is 6.26 Å². The van der Waals surface area contributed by atoms with Crippen LogP contribution in [0.5, 0.6) is 0 Å². The summed E-state index contributed by atoms with van der Waals surface area (Å²) in [7, 11) is -6.34. The van der Waals surface area contributed by atoms with Crippen molar-refractivity contribution in [2.24, 2.45) is 5.92 Å². The van der Waals surface area contributed by atoms with Crippen LogP contribution in [-0.4, -0.2) is 51.7 Å². The Morgan fingerprint density at radius 3 is 2.18 bits per heavy atom. The first-order valence-corrected chi connectivity index (χ1v) is 9.85. The fourth-order valence-electron chi connectivity index (χ4n) is 1.73. The summed E-state index contributed by atoms with van der Waals surface area (Å²) in [6, 6.07) is 0. The molecule has 0 aromatic carbocycles. The lowest BCUT2D eigenvalue weighted by Gasteiger charge is -2.30. The van der Waals surface area contributed by atoms with Crippen molar-refractivity contribution >= 4 is 36.0 Å². The second kappa shape index (κ2) is 5.96. The molecule has 0 aromatic rings. The molecule has 0 saturated carbocycles. The van der Waals surface area contributed by atoms with Gasteiger partial charge < -0.3 is 0 Å². The van der Waals surface area contributed by atoms with Gasteiger partial charge in [-0.1, -0.05) is 15.9 Å². The smallest absolute Gasteiger partial charge is 0.214 e. The van der Waals surface area contributed by atoms with Gasteiger partial charge in [0.15, 0.2) is 0 Å². The largest absolute Gasteiger partial charge is 0.221 e. The Bertz CT molecular complexity index is 440. The molecule has 0 unspecified atom stereocenters. The number of nitrogens with one attached hydrogen (secondary N) is 1. The molecule has 0 radical (unpaired) electrons. The van der Waals surface area contributed by atoms with Gasteiger partial charge in [-0.05, 0) is 18.8 Å². The summed E-state index contributed by atoms with van der Waals surface area (Å²) < 4.78 is 48.7. The summed E-state index contributed by atoms with van der Waals surface area (Å²) in [6.07, 6.45) is 2.58. The molecular weight excluding hydrogens is 332 g/mol. The molecule has 0 atom stereocenters. The maximum absolute atomic E-state index is 11.3. The van der Waals surface area contributed by atoms with E-state index in [4.69, 9.17) is 0 Å². The number of halogens is 1. The van der Waals surface area contributed by atoms with Crippen LogP contribution in [0.3, 0.4) is 0 Å². The second-order valence-corrected chi connectivity index (χ2v) is 9.27. The van der Waals surface area contributed by atoms with Crippen molar-refractivity contribution in [1.29, 1.82) is 0 Å². The van der Waals surface area contributed by atoms with E-state index >= 15 is 0 Å². The van der Waals surface area contributed by atoms with Gasteiger partial charge in [0.1, 0.15) is 4.66 Å². The zero-order valence-corrected chi connectivity index (χ0v) is 12.8. The van der Waals surface area contributed by atoms with E-state index in [0.29, 0.717) is 32.5 Å². The third-order valence-electron chi connectivity index (χ3n) is 2.78. The van der Waals surface area contributed by atoms with Crippen molar-refractivity contribution in [2.45, 2.75) is 12.8 Å². The normalized spacial score (nSPS) is 20.6. The molecule has 1 heterocycles. The number of rotatable bonds is 5. The van der Waals surface area contributed by atoms with E-state index in [2.05, 4.69) is 20.7 Å². The molecule has 1 aliphatic heterocycles. The standard InChI is InChI=1S/C8H17BrN2O4S2/c1-16(12,13)11-4-2-8(3-5-11)6-10-17(14,15)7-9/h8,10H,2-7H2,1H3. The topological polar surface area (TPSA) is 83.6 Å². The van der Waals surface area contributed by atoms with Crippen LogP contribution < -0.4 is 4.72 Å². The fraction of sp³-hybridized carbons (Fsp3) is 1.00. The Labute approximate surface area is 111 Å². The van der Waals surface area contributed by atoms with Crippen LogP contribution in [0.4, 0.5) is 0 Å². The Hall–Kier alpha value is 0.300. The fourth-order valence-corrected chi connectivity index (χ4v) is 3.65. The Morgan fingerprint density at radius 2 is 1.76 bits per heavy atom. The third kappa shape index (κ3) is 5.21. The first-order chi connectivity index (χ1) is 7.74. The number of alkyl halides is 1. The van der Waals surface area contributed by atoms with Crippen LogP contribution in [0.1, 0.15) is 12.8 Å². The van der Waals surface area contributed by atoms with Crippen LogP contribution in [-0.2, 0) is 20.0 Å². The predicted octanol–water partition coefficient (Wildman–Crippen LogP) is -0.0702. The molecule has 1 aliphatic rings. The molecule has 1 rings (SSSR count). The van der Waals surface area contributed by atoms with Crippen molar-refractivity contribution in [3.8, 4) is 0 Å². The first kappa shape index (κ1) is 15.4. The summed E-state index contributed by atoms with van der Waals surface area (Å²) in [5, 5.41) is 0. The van der Waals surface area contributed by atoms with Crippen LogP contribution >= 0.6 is 15.9 Å². The molecule has 1 saturated heterocycles. The molecule has 17 heavy (non-hydrogen) atoms. The quantitative estimate of drug-likeness (QED) is 0.705. The highest BCUT2D eigenvalue weighted by Crippen LogP contribution is 2.18. The molecule has 1 fully saturated rings. The van der Waals surface area contributed by atoms with E-state index in [1.807, 2.05) is 0 Å². The highest BCUT2D eigenvalue weighted by molar-refractivity contribution is 9.10. The number of hydrogen-bond acceptors (Lipinski definition) is 4. The Kier molecular flexibility index (Phi) is 5.39. The summed E-state index contributed by atoms with van der Waals surface area (Å²) in [6.45, 7) is 1.32. The summed E-state index contributed by atoms with van der Waals surface area (Å²) in [4.78, 5) is 0. The van der Waals surface area contributed by atoms with Gasteiger partial charge in [-0.3, -0.25) is 0 Å². The summed E-state index contributed by atoms with van der Waals surface area (Å²) in [5.41, 5.74) is 0. The third-order valence-corrected chi connectivity index (χ3v) is 6.78. The second-order valence-electron chi connectivity index (χ2n) is 4.18. The lowest BCUT2D eigenvalue weighted by Crippen LogP contribution is -2.41. The Balaban J connectivity index is 2.39. The molecule has 0 aromatic heterocycles. The molecule has 9 heteroatoms. The number of nitrogens with zero attached hydrogens (tertiary/aromatic N) is 1. The van der Waals surface area contributed by atoms with E-state index in [-0.39, 0.29) is 10.6 Å². The molecule has 1 N–H and O–H groups in total. The van der Waals surface area contributed by atoms with Gasteiger partial charge in [-0.15, -0.1) is 0 Å². The van der Waals surface area contributed by atoms with E-state index in [9.17, 15) is 16.8 Å². The lowest BCUT2D eigenvalue weighted by atomic mass is 9.99. The molecule has 0 bridgehead atoms. The number of sulfonamides is 2. The van der Waals surface area contributed by atoms with Gasteiger partial charge in [0.25, 0.3) is 0 Å². The van der Waals surface area contributed by atoms with Crippen molar-refractivity contribution in [1.82, 2.24) is 9.03 Å². The van der Waals surface area contributed by atoms with Crippen LogP contribution in [0.2, 0.25) is 0 Å². The SMILES string of the molecule is CS(=O)(=O)N1CCC(CNS(=O)(=O)CBr)CC1. The van der Waals surface area contributed by atoms with Gasteiger partial charge >= 0.3 is 0 Å². The molecule has 0 amide bonds. The van der Waals surface area contributed by atoms with Crippen LogP contribution in [0.15, 0.2) is 0 Å². The highest BCUT2D eigenvalue weighted by atomic mass is 79.9. The number of hydrogen-bond donors (Lipinski definition) is 1. The van der Waals surface area contributed by atoms with Crippen LogP contribution in [0, 0.1) is 5.92 Å². The van der Waals surface area contributed by atoms with Crippen molar-refractivity contribution in [3.05, 3.63) is 0 Å². The van der Waals surface area contributed by atoms with Gasteiger partial charge in [-0.2, -0.15) is 0 Å². The maximum Gasteiger partial charge on any atom is 0.221 e. The average molecular weight is 349 g/mol. The molecule has 6 nitrogen and oxygen atoms in total. The van der Waals surface area contributed by atoms with Crippen molar-refractivity contribution in [2.75, 3.05) is 30.6 Å². The van der Waals surface area contributed by atoms with E-state index in [1.165, 1.54) is 10.6 Å². The molecule has 0 spiro atoms. The van der Waals surface area contributed by atoms with Gasteiger partial charge in [0.2, 0.25) is 20.0 Å².